The van der Waals surface area contributed by atoms with E-state index >= 15 is 0 Å². The van der Waals surface area contributed by atoms with Crippen LogP contribution in [0, 0.1) is 0 Å². The summed E-state index contributed by atoms with van der Waals surface area (Å²) >= 11 is 5.89. The summed E-state index contributed by atoms with van der Waals surface area (Å²) in [5, 5.41) is 0.825. The summed E-state index contributed by atoms with van der Waals surface area (Å²) < 4.78 is 0. The Bertz CT molecular complexity index is 262. The van der Waals surface area contributed by atoms with Crippen LogP contribution in [0.15, 0.2) is 24.3 Å². The fraction of sp³-hybridized carbons (Fsp3) is 0.538. The van der Waals surface area contributed by atoms with Gasteiger partial charge in [0.2, 0.25) is 0 Å². The highest BCUT2D eigenvalue weighted by Crippen LogP contribution is 2.35. The van der Waals surface area contributed by atoms with E-state index in [0.29, 0.717) is 5.41 Å². The lowest BCUT2D eigenvalue weighted by molar-refractivity contribution is 0.382. The first-order valence-corrected chi connectivity index (χ1v) is 5.82. The van der Waals surface area contributed by atoms with E-state index in [2.05, 4.69) is 32.9 Å². The van der Waals surface area contributed by atoms with E-state index in [0.717, 1.165) is 5.02 Å². The maximum absolute atomic E-state index is 5.89. The van der Waals surface area contributed by atoms with Crippen molar-refractivity contribution >= 4 is 11.6 Å². The van der Waals surface area contributed by atoms with Crippen molar-refractivity contribution in [1.29, 1.82) is 0 Å². The molecule has 1 aromatic rings. The molecule has 0 nitrogen and oxygen atoms in total. The summed E-state index contributed by atoms with van der Waals surface area (Å²) in [5.41, 5.74) is 1.78. The van der Waals surface area contributed by atoms with Gasteiger partial charge in [-0.1, -0.05) is 44.5 Å². The van der Waals surface area contributed by atoms with Crippen molar-refractivity contribution in [2.24, 2.45) is 0 Å². The molecule has 0 aliphatic heterocycles. The van der Waals surface area contributed by atoms with Gasteiger partial charge < -0.3 is 0 Å². The topological polar surface area (TPSA) is 0 Å². The molecule has 0 bridgehead atoms. The van der Waals surface area contributed by atoms with E-state index in [-0.39, 0.29) is 0 Å². The maximum atomic E-state index is 5.89. The molecule has 0 amide bonds. The van der Waals surface area contributed by atoms with E-state index in [1.54, 1.807) is 0 Å². The lowest BCUT2D eigenvalue weighted by Crippen LogP contribution is -2.22. The Morgan fingerprint density at radius 1 is 0.929 bits per heavy atom. The van der Waals surface area contributed by atoms with Gasteiger partial charge in [-0.15, -0.1) is 0 Å². The zero-order valence-electron chi connectivity index (χ0n) is 9.31. The molecule has 1 heteroatoms. The average Bonchev–Trinajstić information content (AvgIpc) is 2.24. The van der Waals surface area contributed by atoms with Crippen LogP contribution in [0.1, 0.15) is 45.6 Å². The Kier molecular flexibility index (Phi) is 4.00. The van der Waals surface area contributed by atoms with Crippen molar-refractivity contribution in [3.05, 3.63) is 34.9 Å². The molecular formula is C13H19Cl. The van der Waals surface area contributed by atoms with Crippen LogP contribution in [0.25, 0.3) is 0 Å². The first-order chi connectivity index (χ1) is 6.68. The van der Waals surface area contributed by atoms with E-state index < -0.39 is 0 Å². The van der Waals surface area contributed by atoms with Crippen LogP contribution < -0.4 is 0 Å². The molecule has 0 atom stereocenters. The quantitative estimate of drug-likeness (QED) is 0.669. The van der Waals surface area contributed by atoms with Gasteiger partial charge in [-0.3, -0.25) is 0 Å². The standard InChI is InChI=1S/C13H19Cl/c1-4-13(5-2,6-3)11-7-9-12(14)10-8-11/h7-10H,4-6H2,1-3H3. The molecule has 0 aromatic heterocycles. The van der Waals surface area contributed by atoms with E-state index in [1.807, 2.05) is 12.1 Å². The van der Waals surface area contributed by atoms with Crippen LogP contribution in [-0.2, 0) is 5.41 Å². The largest absolute Gasteiger partial charge is 0.0843 e. The van der Waals surface area contributed by atoms with Crippen LogP contribution in [0.5, 0.6) is 0 Å². The molecular weight excluding hydrogens is 192 g/mol. The highest BCUT2D eigenvalue weighted by Gasteiger charge is 2.25. The molecule has 0 N–H and O–H groups in total. The number of rotatable bonds is 4. The van der Waals surface area contributed by atoms with Crippen molar-refractivity contribution in [2.75, 3.05) is 0 Å². The van der Waals surface area contributed by atoms with Crippen LogP contribution in [-0.4, -0.2) is 0 Å². The molecule has 0 heterocycles. The third-order valence-electron chi connectivity index (χ3n) is 3.49. The lowest BCUT2D eigenvalue weighted by Gasteiger charge is -2.31. The van der Waals surface area contributed by atoms with E-state index in [4.69, 9.17) is 11.6 Å². The molecule has 0 unspecified atom stereocenters. The maximum Gasteiger partial charge on any atom is 0.0406 e. The molecule has 0 saturated carbocycles. The van der Waals surface area contributed by atoms with Gasteiger partial charge in [0.05, 0.1) is 0 Å². The zero-order valence-corrected chi connectivity index (χ0v) is 10.1. The molecule has 1 rings (SSSR count). The minimum atomic E-state index is 0.352. The van der Waals surface area contributed by atoms with Gasteiger partial charge in [0.1, 0.15) is 0 Å². The molecule has 0 spiro atoms. The van der Waals surface area contributed by atoms with Crippen molar-refractivity contribution in [1.82, 2.24) is 0 Å². The first kappa shape index (κ1) is 11.6. The average molecular weight is 211 g/mol. The number of benzene rings is 1. The first-order valence-electron chi connectivity index (χ1n) is 5.44. The second kappa shape index (κ2) is 4.84. The molecule has 78 valence electrons. The zero-order chi connectivity index (χ0) is 10.6. The minimum Gasteiger partial charge on any atom is -0.0843 e. The van der Waals surface area contributed by atoms with Crippen molar-refractivity contribution < 1.29 is 0 Å². The summed E-state index contributed by atoms with van der Waals surface area (Å²) in [5.74, 6) is 0. The fourth-order valence-electron chi connectivity index (χ4n) is 2.17. The van der Waals surface area contributed by atoms with Crippen molar-refractivity contribution in [3.63, 3.8) is 0 Å². The van der Waals surface area contributed by atoms with Crippen LogP contribution in [0.2, 0.25) is 5.02 Å². The number of hydrogen-bond acceptors (Lipinski definition) is 0. The van der Waals surface area contributed by atoms with Gasteiger partial charge in [-0.05, 0) is 42.4 Å². The molecule has 14 heavy (non-hydrogen) atoms. The monoisotopic (exact) mass is 210 g/mol. The molecule has 1 aromatic carbocycles. The van der Waals surface area contributed by atoms with Crippen LogP contribution in [0.4, 0.5) is 0 Å². The van der Waals surface area contributed by atoms with Crippen molar-refractivity contribution in [2.45, 2.75) is 45.4 Å². The van der Waals surface area contributed by atoms with Gasteiger partial charge in [-0.25, -0.2) is 0 Å². The summed E-state index contributed by atoms with van der Waals surface area (Å²) in [4.78, 5) is 0. The third kappa shape index (κ3) is 2.12. The molecule has 0 radical (unpaired) electrons. The molecule has 0 saturated heterocycles. The van der Waals surface area contributed by atoms with E-state index in [9.17, 15) is 0 Å². The summed E-state index contributed by atoms with van der Waals surface area (Å²) in [7, 11) is 0. The Hall–Kier alpha value is -0.490. The number of hydrogen-bond donors (Lipinski definition) is 0. The Labute approximate surface area is 92.3 Å². The number of halogens is 1. The third-order valence-corrected chi connectivity index (χ3v) is 3.74. The molecule has 0 fully saturated rings. The summed E-state index contributed by atoms with van der Waals surface area (Å²) in [6, 6.07) is 8.32. The molecule has 0 aliphatic carbocycles. The predicted octanol–water partition coefficient (Wildman–Crippen LogP) is 4.81. The van der Waals surface area contributed by atoms with Gasteiger partial charge in [0.15, 0.2) is 0 Å². The second-order valence-electron chi connectivity index (χ2n) is 3.85. The summed E-state index contributed by atoms with van der Waals surface area (Å²) in [6.45, 7) is 6.80. The molecule has 0 aliphatic rings. The Morgan fingerprint density at radius 3 is 1.71 bits per heavy atom. The van der Waals surface area contributed by atoms with Gasteiger partial charge in [0.25, 0.3) is 0 Å². The predicted molar refractivity (Wildman–Crippen MR) is 64.0 cm³/mol. The fourth-order valence-corrected chi connectivity index (χ4v) is 2.29. The Balaban J connectivity index is 3.05. The second-order valence-corrected chi connectivity index (χ2v) is 4.28. The van der Waals surface area contributed by atoms with Crippen LogP contribution in [0.3, 0.4) is 0 Å². The minimum absolute atomic E-state index is 0.352. The lowest BCUT2D eigenvalue weighted by atomic mass is 9.74. The highest BCUT2D eigenvalue weighted by molar-refractivity contribution is 6.30. The Morgan fingerprint density at radius 2 is 1.36 bits per heavy atom. The smallest absolute Gasteiger partial charge is 0.0406 e. The van der Waals surface area contributed by atoms with Crippen LogP contribution >= 0.6 is 11.6 Å². The van der Waals surface area contributed by atoms with Gasteiger partial charge in [-0.2, -0.15) is 0 Å². The normalized spacial score (nSPS) is 11.7. The van der Waals surface area contributed by atoms with E-state index in [1.165, 1.54) is 24.8 Å². The SMILES string of the molecule is CCC(CC)(CC)c1ccc(Cl)cc1. The summed E-state index contributed by atoms with van der Waals surface area (Å²) in [6.07, 6.45) is 3.59. The van der Waals surface area contributed by atoms with Gasteiger partial charge in [0, 0.05) is 5.02 Å². The van der Waals surface area contributed by atoms with Gasteiger partial charge >= 0.3 is 0 Å². The highest BCUT2D eigenvalue weighted by atomic mass is 35.5. The van der Waals surface area contributed by atoms with Crippen molar-refractivity contribution in [3.8, 4) is 0 Å².